The van der Waals surface area contributed by atoms with Crippen molar-refractivity contribution < 1.29 is 9.90 Å². The highest BCUT2D eigenvalue weighted by Gasteiger charge is 2.08. The van der Waals surface area contributed by atoms with E-state index in [1.54, 1.807) is 6.20 Å². The molecule has 1 aromatic heterocycles. The topological polar surface area (TPSA) is 75.1 Å². The van der Waals surface area contributed by atoms with Crippen LogP contribution in [0.2, 0.25) is 0 Å². The first-order valence-electron chi connectivity index (χ1n) is 5.25. The molecule has 2 N–H and O–H groups in total. The second kappa shape index (κ2) is 5.44. The second-order valence-corrected chi connectivity index (χ2v) is 4.03. The Morgan fingerprint density at radius 1 is 1.56 bits per heavy atom. The minimum absolute atomic E-state index is 0.0687. The fraction of sp³-hybridized carbons (Fsp3) is 0.545. The van der Waals surface area contributed by atoms with Crippen molar-refractivity contribution in [2.45, 2.75) is 27.2 Å². The molecule has 1 aromatic rings. The van der Waals surface area contributed by atoms with Crippen LogP contribution < -0.4 is 5.32 Å². The minimum atomic E-state index is -0.777. The van der Waals surface area contributed by atoms with E-state index >= 15 is 0 Å². The van der Waals surface area contributed by atoms with E-state index in [0.29, 0.717) is 6.54 Å². The van der Waals surface area contributed by atoms with Gasteiger partial charge in [-0.1, -0.05) is 6.92 Å². The Balaban J connectivity index is 2.54. The molecule has 0 amide bonds. The van der Waals surface area contributed by atoms with E-state index < -0.39 is 5.97 Å². The molecule has 0 aliphatic rings. The molecule has 0 aliphatic heterocycles. The van der Waals surface area contributed by atoms with Crippen LogP contribution in [0.3, 0.4) is 0 Å². The summed E-state index contributed by atoms with van der Waals surface area (Å²) in [7, 11) is 0. The van der Waals surface area contributed by atoms with E-state index in [0.717, 1.165) is 17.2 Å². The van der Waals surface area contributed by atoms with E-state index in [1.807, 2.05) is 20.8 Å². The van der Waals surface area contributed by atoms with Crippen LogP contribution in [0, 0.1) is 19.8 Å². The molecule has 0 saturated carbocycles. The lowest BCUT2D eigenvalue weighted by molar-refractivity contribution is -0.137. The molecule has 1 atom stereocenters. The third-order valence-electron chi connectivity index (χ3n) is 2.22. The summed E-state index contributed by atoms with van der Waals surface area (Å²) < 4.78 is 0. The lowest BCUT2D eigenvalue weighted by Gasteiger charge is -2.12. The van der Waals surface area contributed by atoms with Gasteiger partial charge in [0.1, 0.15) is 5.82 Å². The van der Waals surface area contributed by atoms with E-state index in [4.69, 9.17) is 5.11 Å². The zero-order chi connectivity index (χ0) is 12.1. The monoisotopic (exact) mass is 223 g/mol. The molecule has 0 aromatic carbocycles. The summed E-state index contributed by atoms with van der Waals surface area (Å²) in [6, 6.07) is 0. The first-order chi connectivity index (χ1) is 7.49. The standard InChI is InChI=1S/C11H17N3O2/c1-7(4-10(15)16)5-13-11-9(3)12-6-8(2)14-11/h6-7H,4-5H2,1-3H3,(H,13,14)(H,15,16). The summed E-state index contributed by atoms with van der Waals surface area (Å²) >= 11 is 0. The Hall–Kier alpha value is -1.65. The number of nitrogens with zero attached hydrogens (tertiary/aromatic N) is 2. The summed E-state index contributed by atoms with van der Waals surface area (Å²) in [6.07, 6.45) is 1.87. The van der Waals surface area contributed by atoms with Crippen LogP contribution in [0.5, 0.6) is 0 Å². The Morgan fingerprint density at radius 2 is 2.25 bits per heavy atom. The van der Waals surface area contributed by atoms with Gasteiger partial charge in [-0.2, -0.15) is 0 Å². The van der Waals surface area contributed by atoms with Gasteiger partial charge in [-0.3, -0.25) is 9.78 Å². The number of aromatic nitrogens is 2. The number of aliphatic carboxylic acids is 1. The summed E-state index contributed by atoms with van der Waals surface area (Å²) in [6.45, 7) is 6.22. The third kappa shape index (κ3) is 3.84. The van der Waals surface area contributed by atoms with Crippen LogP contribution >= 0.6 is 0 Å². The number of carboxylic acids is 1. The van der Waals surface area contributed by atoms with E-state index in [2.05, 4.69) is 15.3 Å². The third-order valence-corrected chi connectivity index (χ3v) is 2.22. The van der Waals surface area contributed by atoms with Crippen LogP contribution in [-0.4, -0.2) is 27.6 Å². The smallest absolute Gasteiger partial charge is 0.303 e. The zero-order valence-electron chi connectivity index (χ0n) is 9.82. The van der Waals surface area contributed by atoms with Gasteiger partial charge in [-0.25, -0.2) is 4.98 Å². The van der Waals surface area contributed by atoms with Crippen molar-refractivity contribution in [2.75, 3.05) is 11.9 Å². The SMILES string of the molecule is Cc1cnc(C)c(NCC(C)CC(=O)O)n1. The maximum atomic E-state index is 10.5. The van der Waals surface area contributed by atoms with Crippen molar-refractivity contribution in [1.29, 1.82) is 0 Å². The lowest BCUT2D eigenvalue weighted by Crippen LogP contribution is -2.16. The molecular weight excluding hydrogens is 206 g/mol. The first kappa shape index (κ1) is 12.4. The fourth-order valence-electron chi connectivity index (χ4n) is 1.35. The summed E-state index contributed by atoms with van der Waals surface area (Å²) in [5.74, 6) is 0.0257. The predicted molar refractivity (Wildman–Crippen MR) is 61.4 cm³/mol. The molecule has 5 nitrogen and oxygen atoms in total. The molecule has 0 spiro atoms. The van der Waals surface area contributed by atoms with Gasteiger partial charge < -0.3 is 10.4 Å². The molecule has 1 heterocycles. The molecule has 0 bridgehead atoms. The molecule has 0 radical (unpaired) electrons. The molecule has 1 rings (SSSR count). The van der Waals surface area contributed by atoms with Gasteiger partial charge in [0.25, 0.3) is 0 Å². The normalized spacial score (nSPS) is 12.2. The number of anilines is 1. The quantitative estimate of drug-likeness (QED) is 0.793. The maximum absolute atomic E-state index is 10.5. The Kier molecular flexibility index (Phi) is 4.22. The van der Waals surface area contributed by atoms with Crippen molar-refractivity contribution in [3.05, 3.63) is 17.6 Å². The molecule has 0 fully saturated rings. The highest BCUT2D eigenvalue weighted by molar-refractivity contribution is 5.67. The van der Waals surface area contributed by atoms with Crippen molar-refractivity contribution in [3.63, 3.8) is 0 Å². The number of rotatable bonds is 5. The van der Waals surface area contributed by atoms with Crippen molar-refractivity contribution in [1.82, 2.24) is 9.97 Å². The molecule has 88 valence electrons. The first-order valence-corrected chi connectivity index (χ1v) is 5.25. The fourth-order valence-corrected chi connectivity index (χ4v) is 1.35. The Labute approximate surface area is 94.9 Å². The average molecular weight is 223 g/mol. The van der Waals surface area contributed by atoms with E-state index in [1.165, 1.54) is 0 Å². The summed E-state index contributed by atoms with van der Waals surface area (Å²) in [5, 5.41) is 11.7. The molecule has 16 heavy (non-hydrogen) atoms. The van der Waals surface area contributed by atoms with Gasteiger partial charge >= 0.3 is 5.97 Å². The van der Waals surface area contributed by atoms with Gasteiger partial charge in [0.15, 0.2) is 0 Å². The number of nitrogens with one attached hydrogen (secondary N) is 1. The molecule has 0 aliphatic carbocycles. The highest BCUT2D eigenvalue weighted by Crippen LogP contribution is 2.10. The van der Waals surface area contributed by atoms with Crippen LogP contribution in [0.4, 0.5) is 5.82 Å². The lowest BCUT2D eigenvalue weighted by atomic mass is 10.1. The maximum Gasteiger partial charge on any atom is 0.303 e. The van der Waals surface area contributed by atoms with Gasteiger partial charge in [-0.05, 0) is 19.8 Å². The van der Waals surface area contributed by atoms with Crippen molar-refractivity contribution in [3.8, 4) is 0 Å². The zero-order valence-corrected chi connectivity index (χ0v) is 9.82. The van der Waals surface area contributed by atoms with Crippen molar-refractivity contribution >= 4 is 11.8 Å². The predicted octanol–water partition coefficient (Wildman–Crippen LogP) is 1.62. The van der Waals surface area contributed by atoms with Gasteiger partial charge in [0.2, 0.25) is 0 Å². The molecule has 1 unspecified atom stereocenters. The largest absolute Gasteiger partial charge is 0.481 e. The summed E-state index contributed by atoms with van der Waals surface area (Å²) in [4.78, 5) is 19.0. The number of hydrogen-bond donors (Lipinski definition) is 2. The molecule has 5 heteroatoms. The summed E-state index contributed by atoms with van der Waals surface area (Å²) in [5.41, 5.74) is 1.67. The van der Waals surface area contributed by atoms with Gasteiger partial charge in [-0.15, -0.1) is 0 Å². The number of carbonyl (C=O) groups is 1. The highest BCUT2D eigenvalue weighted by atomic mass is 16.4. The second-order valence-electron chi connectivity index (χ2n) is 4.03. The molecular formula is C11H17N3O2. The van der Waals surface area contributed by atoms with Crippen LogP contribution in [0.15, 0.2) is 6.20 Å². The minimum Gasteiger partial charge on any atom is -0.481 e. The van der Waals surface area contributed by atoms with Crippen LogP contribution in [0.25, 0.3) is 0 Å². The molecule has 0 saturated heterocycles. The van der Waals surface area contributed by atoms with Gasteiger partial charge in [0, 0.05) is 19.2 Å². The van der Waals surface area contributed by atoms with Crippen LogP contribution in [-0.2, 0) is 4.79 Å². The van der Waals surface area contributed by atoms with E-state index in [-0.39, 0.29) is 12.3 Å². The van der Waals surface area contributed by atoms with E-state index in [9.17, 15) is 4.79 Å². The van der Waals surface area contributed by atoms with Crippen molar-refractivity contribution in [2.24, 2.45) is 5.92 Å². The Bertz CT molecular complexity index is 379. The number of carboxylic acid groups (broad SMARTS) is 1. The van der Waals surface area contributed by atoms with Crippen LogP contribution in [0.1, 0.15) is 24.7 Å². The average Bonchev–Trinajstić information content (AvgIpc) is 2.18. The Morgan fingerprint density at radius 3 is 2.88 bits per heavy atom. The van der Waals surface area contributed by atoms with Gasteiger partial charge in [0.05, 0.1) is 11.4 Å². The number of aryl methyl sites for hydroxylation is 2. The number of hydrogen-bond acceptors (Lipinski definition) is 4.